The van der Waals surface area contributed by atoms with Crippen molar-refractivity contribution in [3.63, 3.8) is 0 Å². The van der Waals surface area contributed by atoms with Crippen LogP contribution in [0.3, 0.4) is 0 Å². The van der Waals surface area contributed by atoms with Crippen LogP contribution in [-0.2, 0) is 4.79 Å². The molecule has 1 amide bonds. The van der Waals surface area contributed by atoms with E-state index in [1.54, 1.807) is 0 Å². The molecule has 19 heavy (non-hydrogen) atoms. The first kappa shape index (κ1) is 14.6. The van der Waals surface area contributed by atoms with Crippen LogP contribution in [0.15, 0.2) is 12.2 Å². The van der Waals surface area contributed by atoms with Gasteiger partial charge in [0, 0.05) is 25.0 Å². The molecule has 0 aromatic rings. The average molecular weight is 265 g/mol. The maximum Gasteiger partial charge on any atom is 0.220 e. The van der Waals surface area contributed by atoms with Crippen LogP contribution in [0.5, 0.6) is 0 Å². The molecular formula is C16H27NO2. The molecule has 3 heteroatoms. The Kier molecular flexibility index (Phi) is 4.67. The number of nitrogens with one attached hydrogen (secondary N) is 1. The first-order chi connectivity index (χ1) is 8.98. The average Bonchev–Trinajstić information content (AvgIpc) is 2.79. The molecule has 1 fully saturated rings. The van der Waals surface area contributed by atoms with E-state index >= 15 is 0 Å². The summed E-state index contributed by atoms with van der Waals surface area (Å²) in [4.78, 5) is 12.0. The summed E-state index contributed by atoms with van der Waals surface area (Å²) in [5, 5.41) is 12.1. The van der Waals surface area contributed by atoms with Crippen LogP contribution < -0.4 is 5.32 Å². The summed E-state index contributed by atoms with van der Waals surface area (Å²) in [6.45, 7) is 4.82. The quantitative estimate of drug-likeness (QED) is 0.768. The van der Waals surface area contributed by atoms with Crippen LogP contribution in [0.1, 0.15) is 52.4 Å². The molecule has 0 heterocycles. The second kappa shape index (κ2) is 6.08. The number of rotatable bonds is 4. The van der Waals surface area contributed by atoms with Crippen molar-refractivity contribution in [3.05, 3.63) is 12.2 Å². The summed E-state index contributed by atoms with van der Waals surface area (Å²) in [5.41, 5.74) is 0.468. The lowest BCUT2D eigenvalue weighted by atomic mass is 9.72. The van der Waals surface area contributed by atoms with Gasteiger partial charge in [-0.05, 0) is 43.4 Å². The number of aliphatic hydroxyl groups is 1. The highest BCUT2D eigenvalue weighted by Crippen LogP contribution is 2.39. The predicted molar refractivity (Wildman–Crippen MR) is 76.6 cm³/mol. The lowest BCUT2D eigenvalue weighted by molar-refractivity contribution is -0.122. The third-order valence-corrected chi connectivity index (χ3v) is 4.69. The summed E-state index contributed by atoms with van der Waals surface area (Å²) in [6, 6.07) is 0.129. The molecule has 0 bridgehead atoms. The lowest BCUT2D eigenvalue weighted by Gasteiger charge is -2.34. The molecule has 1 saturated carbocycles. The summed E-state index contributed by atoms with van der Waals surface area (Å²) in [6.07, 6.45) is 10.4. The fraction of sp³-hybridized carbons (Fsp3) is 0.812. The fourth-order valence-corrected chi connectivity index (χ4v) is 3.21. The number of carbonyl (C=O) groups is 1. The van der Waals surface area contributed by atoms with Crippen molar-refractivity contribution in [1.82, 2.24) is 5.32 Å². The van der Waals surface area contributed by atoms with Gasteiger partial charge in [0.15, 0.2) is 0 Å². The van der Waals surface area contributed by atoms with Crippen LogP contribution in [-0.4, -0.2) is 23.7 Å². The van der Waals surface area contributed by atoms with E-state index in [1.165, 1.54) is 25.7 Å². The van der Waals surface area contributed by atoms with Crippen LogP contribution >= 0.6 is 0 Å². The zero-order chi connectivity index (χ0) is 13.9. The van der Waals surface area contributed by atoms with Crippen LogP contribution in [0.2, 0.25) is 0 Å². The SMILES string of the molecule is CC1(C)CCC(CC(=O)N[C@@H]2C=C[C@H](CO)C2)CC1. The van der Waals surface area contributed by atoms with Crippen molar-refractivity contribution in [1.29, 1.82) is 0 Å². The van der Waals surface area contributed by atoms with Gasteiger partial charge in [0.25, 0.3) is 0 Å². The Labute approximate surface area is 116 Å². The highest BCUT2D eigenvalue weighted by Gasteiger charge is 2.28. The van der Waals surface area contributed by atoms with E-state index in [0.29, 0.717) is 17.8 Å². The van der Waals surface area contributed by atoms with Gasteiger partial charge in [-0.15, -0.1) is 0 Å². The van der Waals surface area contributed by atoms with Gasteiger partial charge in [0.05, 0.1) is 0 Å². The van der Waals surface area contributed by atoms with Crippen molar-refractivity contribution in [2.45, 2.75) is 58.4 Å². The molecule has 0 spiro atoms. The van der Waals surface area contributed by atoms with Crippen molar-refractivity contribution in [2.24, 2.45) is 17.3 Å². The van der Waals surface area contributed by atoms with E-state index in [4.69, 9.17) is 5.11 Å². The molecule has 0 radical (unpaired) electrons. The standard InChI is InChI=1S/C16H27NO2/c1-16(2)7-5-12(6-8-16)10-15(19)17-14-4-3-13(9-14)11-18/h3-4,12-14,18H,5-11H2,1-2H3,(H,17,19)/t13-,14+/m0/s1. The minimum absolute atomic E-state index is 0.129. The minimum Gasteiger partial charge on any atom is -0.396 e. The number of amides is 1. The maximum absolute atomic E-state index is 12.0. The number of aliphatic hydroxyl groups excluding tert-OH is 1. The van der Waals surface area contributed by atoms with E-state index in [-0.39, 0.29) is 24.5 Å². The lowest BCUT2D eigenvalue weighted by Crippen LogP contribution is -2.35. The number of hydrogen-bond donors (Lipinski definition) is 2. The summed E-state index contributed by atoms with van der Waals surface area (Å²) >= 11 is 0. The smallest absolute Gasteiger partial charge is 0.220 e. The van der Waals surface area contributed by atoms with Gasteiger partial charge in [0.2, 0.25) is 5.91 Å². The fourth-order valence-electron chi connectivity index (χ4n) is 3.21. The largest absolute Gasteiger partial charge is 0.396 e. The van der Waals surface area contributed by atoms with Gasteiger partial charge in [0.1, 0.15) is 0 Å². The van der Waals surface area contributed by atoms with Crippen molar-refractivity contribution < 1.29 is 9.90 Å². The number of hydrogen-bond acceptors (Lipinski definition) is 2. The molecule has 2 atom stereocenters. The highest BCUT2D eigenvalue weighted by molar-refractivity contribution is 5.76. The van der Waals surface area contributed by atoms with Gasteiger partial charge < -0.3 is 10.4 Å². The van der Waals surface area contributed by atoms with E-state index in [9.17, 15) is 4.79 Å². The zero-order valence-corrected chi connectivity index (χ0v) is 12.2. The molecule has 3 nitrogen and oxygen atoms in total. The van der Waals surface area contributed by atoms with Gasteiger partial charge in [-0.25, -0.2) is 0 Å². The Balaban J connectivity index is 1.69. The number of carbonyl (C=O) groups excluding carboxylic acids is 1. The Morgan fingerprint density at radius 3 is 2.58 bits per heavy atom. The Morgan fingerprint density at radius 2 is 2.00 bits per heavy atom. The third-order valence-electron chi connectivity index (χ3n) is 4.69. The molecule has 0 aliphatic heterocycles. The van der Waals surface area contributed by atoms with E-state index in [1.807, 2.05) is 12.2 Å². The van der Waals surface area contributed by atoms with Crippen molar-refractivity contribution in [2.75, 3.05) is 6.61 Å². The van der Waals surface area contributed by atoms with Crippen molar-refractivity contribution >= 4 is 5.91 Å². The topological polar surface area (TPSA) is 49.3 Å². The molecule has 2 aliphatic rings. The molecule has 2 rings (SSSR count). The second-order valence-electron chi connectivity index (χ2n) is 7.05. The molecule has 2 aliphatic carbocycles. The van der Waals surface area contributed by atoms with Gasteiger partial charge in [-0.3, -0.25) is 4.79 Å². The molecule has 0 aromatic carbocycles. The first-order valence-corrected chi connectivity index (χ1v) is 7.57. The molecule has 0 aromatic heterocycles. The van der Waals surface area contributed by atoms with E-state index in [2.05, 4.69) is 19.2 Å². The first-order valence-electron chi connectivity index (χ1n) is 7.57. The van der Waals surface area contributed by atoms with Crippen LogP contribution in [0.4, 0.5) is 0 Å². The Morgan fingerprint density at radius 1 is 1.32 bits per heavy atom. The molecule has 0 saturated heterocycles. The summed E-state index contributed by atoms with van der Waals surface area (Å²) in [5.74, 6) is 0.964. The summed E-state index contributed by atoms with van der Waals surface area (Å²) in [7, 11) is 0. The van der Waals surface area contributed by atoms with Gasteiger partial charge in [-0.1, -0.05) is 26.0 Å². The summed E-state index contributed by atoms with van der Waals surface area (Å²) < 4.78 is 0. The monoisotopic (exact) mass is 265 g/mol. The van der Waals surface area contributed by atoms with Crippen molar-refractivity contribution in [3.8, 4) is 0 Å². The highest BCUT2D eigenvalue weighted by atomic mass is 16.3. The minimum atomic E-state index is 0.129. The zero-order valence-electron chi connectivity index (χ0n) is 12.2. The molecule has 0 unspecified atom stereocenters. The molecule has 2 N–H and O–H groups in total. The normalized spacial score (nSPS) is 30.5. The van der Waals surface area contributed by atoms with Crippen LogP contribution in [0, 0.1) is 17.3 Å². The Bertz CT molecular complexity index is 339. The predicted octanol–water partition coefficient (Wildman–Crippen LogP) is 2.65. The van der Waals surface area contributed by atoms with E-state index in [0.717, 1.165) is 6.42 Å². The maximum atomic E-state index is 12.0. The van der Waals surface area contributed by atoms with E-state index < -0.39 is 0 Å². The molecule has 108 valence electrons. The van der Waals surface area contributed by atoms with Gasteiger partial charge in [-0.2, -0.15) is 0 Å². The second-order valence-corrected chi connectivity index (χ2v) is 7.05. The third kappa shape index (κ3) is 4.34. The Hall–Kier alpha value is -0.830. The van der Waals surface area contributed by atoms with Gasteiger partial charge >= 0.3 is 0 Å². The van der Waals surface area contributed by atoms with Crippen LogP contribution in [0.25, 0.3) is 0 Å². The molecular weight excluding hydrogens is 238 g/mol.